The number of carbonyl (C=O) groups excluding carboxylic acids is 4. The number of methoxy groups -OCH3 is 2. The van der Waals surface area contributed by atoms with Gasteiger partial charge in [0.1, 0.15) is 0 Å². The Morgan fingerprint density at radius 1 is 0.881 bits per heavy atom. The number of anilines is 2. The van der Waals surface area contributed by atoms with Gasteiger partial charge in [-0.1, -0.05) is 70.7 Å². The number of ether oxygens (including phenoxy) is 2. The molecule has 3 heterocycles. The van der Waals surface area contributed by atoms with Gasteiger partial charge < -0.3 is 14.6 Å². The van der Waals surface area contributed by atoms with Gasteiger partial charge in [-0.05, 0) is 84.5 Å². The summed E-state index contributed by atoms with van der Waals surface area (Å²) in [5, 5.41) is 11.6. The van der Waals surface area contributed by atoms with Gasteiger partial charge in [-0.2, -0.15) is 18.2 Å². The zero-order valence-electron chi connectivity index (χ0n) is 31.0. The van der Waals surface area contributed by atoms with Crippen molar-refractivity contribution in [2.24, 2.45) is 29.6 Å². The molecule has 2 aliphatic heterocycles. The molecule has 3 aromatic carbocycles. The van der Waals surface area contributed by atoms with Crippen molar-refractivity contribution in [2.75, 3.05) is 24.5 Å². The third kappa shape index (κ3) is 6.48. The number of nitrogens with one attached hydrogen (secondary N) is 1. The number of alkyl halides is 3. The molecular formula is C42H32Cl3F3N4O7. The summed E-state index contributed by atoms with van der Waals surface area (Å²) in [7, 11) is 2.74. The topological polar surface area (TPSA) is 138 Å². The fraction of sp³-hybridized carbons (Fsp3) is 0.262. The number of amides is 4. The highest BCUT2D eigenvalue weighted by atomic mass is 35.5. The van der Waals surface area contributed by atoms with Crippen molar-refractivity contribution >= 4 is 76.0 Å². The van der Waals surface area contributed by atoms with Gasteiger partial charge in [-0.3, -0.25) is 29.5 Å². The third-order valence-corrected chi connectivity index (χ3v) is 12.5. The van der Waals surface area contributed by atoms with Crippen LogP contribution in [0.25, 0.3) is 6.08 Å². The van der Waals surface area contributed by atoms with Crippen molar-refractivity contribution in [3.05, 3.63) is 122 Å². The van der Waals surface area contributed by atoms with Gasteiger partial charge in [0.15, 0.2) is 17.3 Å². The van der Waals surface area contributed by atoms with Crippen LogP contribution in [0.5, 0.6) is 17.2 Å². The Bertz CT molecular complexity index is 2460. The van der Waals surface area contributed by atoms with E-state index in [1.54, 1.807) is 72.8 Å². The quantitative estimate of drug-likeness (QED) is 0.132. The Hall–Kier alpha value is -5.57. The summed E-state index contributed by atoms with van der Waals surface area (Å²) in [6.45, 7) is 0. The molecule has 1 aromatic heterocycles. The van der Waals surface area contributed by atoms with Gasteiger partial charge in [0, 0.05) is 22.2 Å². The van der Waals surface area contributed by atoms with Crippen LogP contribution in [-0.4, -0.2) is 52.9 Å². The van der Waals surface area contributed by atoms with E-state index in [1.807, 2.05) is 6.08 Å². The average molecular weight is 868 g/mol. The van der Waals surface area contributed by atoms with Gasteiger partial charge in [-0.25, -0.2) is 4.98 Å². The number of halogens is 6. The normalized spacial score (nSPS) is 25.2. The minimum absolute atomic E-state index is 0.0643. The van der Waals surface area contributed by atoms with Crippen molar-refractivity contribution < 1.29 is 46.9 Å². The van der Waals surface area contributed by atoms with Crippen molar-refractivity contribution in [2.45, 2.75) is 24.4 Å². The highest BCUT2D eigenvalue weighted by molar-refractivity contribution is 6.33. The first-order valence-corrected chi connectivity index (χ1v) is 19.3. The van der Waals surface area contributed by atoms with Gasteiger partial charge in [-0.15, -0.1) is 0 Å². The maximum absolute atomic E-state index is 15.3. The number of phenols is 1. The number of aromatic hydroxyl groups is 1. The summed E-state index contributed by atoms with van der Waals surface area (Å²) < 4.78 is 51.3. The number of aromatic nitrogens is 1. The molecule has 11 nitrogen and oxygen atoms in total. The maximum atomic E-state index is 15.3. The van der Waals surface area contributed by atoms with Crippen LogP contribution in [0.15, 0.2) is 90.7 Å². The lowest BCUT2D eigenvalue weighted by Crippen LogP contribution is -2.54. The van der Waals surface area contributed by atoms with Crippen LogP contribution < -0.4 is 19.8 Å². The Balaban J connectivity index is 1.30. The SMILES string of the molecule is COc1cc(C=C[C@H]2C3=CC[C@@H]4C(=O)N(c5ccc(Cl)cc5)C(=O)[C@@H]4[C@@H]3C[C@H]3C(=O)N(Nc4ncc(C(F)(F)F)cc4Cl)C(=O)[C@@]23c2ccc(Cl)cc2)cc(OC)c1O. The molecule has 0 bridgehead atoms. The first kappa shape index (κ1) is 40.2. The van der Waals surface area contributed by atoms with Gasteiger partial charge in [0.2, 0.25) is 17.6 Å². The van der Waals surface area contributed by atoms with Gasteiger partial charge in [0.25, 0.3) is 11.8 Å². The second-order valence-corrected chi connectivity index (χ2v) is 15.9. The Morgan fingerprint density at radius 2 is 1.51 bits per heavy atom. The number of benzene rings is 3. The van der Waals surface area contributed by atoms with E-state index in [1.165, 1.54) is 14.2 Å². The number of carbonyl (C=O) groups is 4. The highest BCUT2D eigenvalue weighted by Gasteiger charge is 2.69. The standard InChI is InChI=1S/C42H32Cl3F3N4O7/c1-58-32-15-20(16-33(59-2)35(32)53)3-14-29-26-12-13-27-34(39(56)51(37(27)54)25-10-8-24(44)9-11-25)28(26)18-30-38(55)52(40(57)41(29,30)21-4-6-23(43)7-5-21)50-36-31(45)17-22(19-49-36)42(46,47)48/h3-12,14-17,19,27-30,34,53H,13,18H2,1-2H3,(H,49,50)/t27-,28+,29-,30-,34-,41-/m0/s1. The van der Waals surface area contributed by atoms with E-state index in [0.29, 0.717) is 49.7 Å². The minimum atomic E-state index is -4.77. The summed E-state index contributed by atoms with van der Waals surface area (Å²) in [6, 6.07) is 16.4. The van der Waals surface area contributed by atoms with Crippen molar-refractivity contribution in [3.8, 4) is 17.2 Å². The maximum Gasteiger partial charge on any atom is 0.417 e. The van der Waals surface area contributed by atoms with Crippen LogP contribution in [0.4, 0.5) is 24.7 Å². The predicted molar refractivity (Wildman–Crippen MR) is 212 cm³/mol. The largest absolute Gasteiger partial charge is 0.502 e. The first-order valence-electron chi connectivity index (χ1n) is 18.2. The lowest BCUT2D eigenvalue weighted by atomic mass is 9.50. The van der Waals surface area contributed by atoms with Crippen molar-refractivity contribution in [1.29, 1.82) is 0 Å². The number of allylic oxidation sites excluding steroid dienone is 3. The van der Waals surface area contributed by atoms with Crippen molar-refractivity contribution in [1.82, 2.24) is 9.99 Å². The van der Waals surface area contributed by atoms with E-state index < -0.39 is 75.4 Å². The van der Waals surface area contributed by atoms with Crippen LogP contribution in [0.3, 0.4) is 0 Å². The molecule has 8 rings (SSSR count). The Kier molecular flexibility index (Phi) is 10.2. The molecule has 2 saturated heterocycles. The second kappa shape index (κ2) is 14.9. The van der Waals surface area contributed by atoms with E-state index in [0.717, 1.165) is 4.90 Å². The van der Waals surface area contributed by atoms with Crippen LogP contribution in [-0.2, 0) is 30.8 Å². The summed E-state index contributed by atoms with van der Waals surface area (Å²) in [4.78, 5) is 63.7. The van der Waals surface area contributed by atoms with E-state index in [2.05, 4.69) is 10.4 Å². The number of rotatable bonds is 8. The average Bonchev–Trinajstić information content (AvgIpc) is 3.59. The van der Waals surface area contributed by atoms with Crippen LogP contribution in [0.1, 0.15) is 29.5 Å². The predicted octanol–water partition coefficient (Wildman–Crippen LogP) is 8.52. The minimum Gasteiger partial charge on any atom is -0.502 e. The molecule has 4 amide bonds. The number of imide groups is 2. The van der Waals surface area contributed by atoms with E-state index in [-0.39, 0.29) is 35.9 Å². The van der Waals surface area contributed by atoms with E-state index in [4.69, 9.17) is 44.3 Å². The molecule has 2 aliphatic carbocycles. The molecule has 0 radical (unpaired) electrons. The third-order valence-electron chi connectivity index (χ3n) is 11.7. The molecule has 0 unspecified atom stereocenters. The monoisotopic (exact) mass is 866 g/mol. The lowest BCUT2D eigenvalue weighted by Gasteiger charge is -2.49. The van der Waals surface area contributed by atoms with Crippen LogP contribution >= 0.6 is 34.8 Å². The molecule has 0 spiro atoms. The zero-order valence-corrected chi connectivity index (χ0v) is 33.2. The summed E-state index contributed by atoms with van der Waals surface area (Å²) in [5.41, 5.74) is 1.55. The van der Waals surface area contributed by atoms with E-state index >= 15 is 4.79 Å². The van der Waals surface area contributed by atoms with Crippen LogP contribution in [0.2, 0.25) is 15.1 Å². The molecule has 6 atom stereocenters. The summed E-state index contributed by atoms with van der Waals surface area (Å²) in [5.74, 6) is -7.46. The Morgan fingerprint density at radius 3 is 2.10 bits per heavy atom. The van der Waals surface area contributed by atoms with Crippen LogP contribution in [0, 0.1) is 29.6 Å². The molecule has 2 N–H and O–H groups in total. The Labute approximate surface area is 349 Å². The smallest absolute Gasteiger partial charge is 0.417 e. The number of hydrogen-bond acceptors (Lipinski definition) is 9. The lowest BCUT2D eigenvalue weighted by molar-refractivity contribution is -0.139. The molecule has 304 valence electrons. The van der Waals surface area contributed by atoms with Crippen molar-refractivity contribution in [3.63, 3.8) is 0 Å². The number of nitrogens with zero attached hydrogens (tertiary/aromatic N) is 3. The first-order chi connectivity index (χ1) is 28.1. The number of hydrogen-bond donors (Lipinski definition) is 2. The number of pyridine rings is 1. The number of phenolic OH excluding ortho intramolecular Hbond substituents is 1. The van der Waals surface area contributed by atoms with Gasteiger partial charge in [0.05, 0.1) is 53.7 Å². The number of hydrazine groups is 1. The molecule has 1 saturated carbocycles. The highest BCUT2D eigenvalue weighted by Crippen LogP contribution is 2.62. The zero-order chi connectivity index (χ0) is 42.1. The summed E-state index contributed by atoms with van der Waals surface area (Å²) >= 11 is 18.7. The molecule has 59 heavy (non-hydrogen) atoms. The van der Waals surface area contributed by atoms with Gasteiger partial charge >= 0.3 is 6.18 Å². The number of fused-ring (bicyclic) bond motifs is 4. The van der Waals surface area contributed by atoms with E-state index in [9.17, 15) is 32.7 Å². The molecule has 3 fully saturated rings. The molecule has 4 aromatic rings. The fourth-order valence-electron chi connectivity index (χ4n) is 9.09. The molecule has 4 aliphatic rings. The molecular weight excluding hydrogens is 836 g/mol. The fourth-order valence-corrected chi connectivity index (χ4v) is 9.55. The summed E-state index contributed by atoms with van der Waals surface area (Å²) in [6.07, 6.45) is 1.09. The second-order valence-electron chi connectivity index (χ2n) is 14.6. The molecule has 17 heteroatoms.